The highest BCUT2D eigenvalue weighted by atomic mass is 17.2. The maximum absolute atomic E-state index is 11.7. The molecule has 1 aromatic carbocycles. The van der Waals surface area contributed by atoms with E-state index in [9.17, 15) is 14.7 Å². The van der Waals surface area contributed by atoms with Gasteiger partial charge in [0, 0.05) is 0 Å². The van der Waals surface area contributed by atoms with Gasteiger partial charge in [-0.05, 0) is 18.6 Å². The van der Waals surface area contributed by atoms with Crippen LogP contribution < -0.4 is 5.32 Å². The normalized spacial score (nSPS) is 10.7. The Balaban J connectivity index is 1.97. The SMILES string of the molecule is CCCCCCCCCCCCCCCOOC(=O)Nc1cccc(C(=O)O)c1O. The molecule has 0 aliphatic heterocycles. The summed E-state index contributed by atoms with van der Waals surface area (Å²) in [5.74, 6) is -1.82. The van der Waals surface area contributed by atoms with E-state index in [0.29, 0.717) is 6.61 Å². The van der Waals surface area contributed by atoms with Gasteiger partial charge in [0.25, 0.3) is 0 Å². The maximum Gasteiger partial charge on any atom is 0.443 e. The van der Waals surface area contributed by atoms with E-state index >= 15 is 0 Å². The number of phenols is 1. The molecule has 1 amide bonds. The summed E-state index contributed by atoms with van der Waals surface area (Å²) >= 11 is 0. The Bertz CT molecular complexity index is 620. The Morgan fingerprint density at radius 3 is 1.93 bits per heavy atom. The van der Waals surface area contributed by atoms with Gasteiger partial charge in [-0.2, -0.15) is 4.89 Å². The summed E-state index contributed by atoms with van der Waals surface area (Å²) in [7, 11) is 0. The molecule has 0 unspecified atom stereocenters. The molecular formula is C23H37NO6. The number of para-hydroxylation sites is 1. The van der Waals surface area contributed by atoms with Crippen molar-refractivity contribution in [2.45, 2.75) is 90.4 Å². The number of carbonyl (C=O) groups excluding carboxylic acids is 1. The van der Waals surface area contributed by atoms with E-state index in [0.717, 1.165) is 19.3 Å². The third-order valence-corrected chi connectivity index (χ3v) is 4.97. The monoisotopic (exact) mass is 423 g/mol. The van der Waals surface area contributed by atoms with Gasteiger partial charge in [0.1, 0.15) is 5.56 Å². The topological polar surface area (TPSA) is 105 Å². The number of unbranched alkanes of at least 4 members (excludes halogenated alkanes) is 12. The van der Waals surface area contributed by atoms with Crippen LogP contribution in [-0.2, 0) is 9.78 Å². The second-order valence-electron chi connectivity index (χ2n) is 7.57. The van der Waals surface area contributed by atoms with Gasteiger partial charge in [0.15, 0.2) is 5.75 Å². The number of carboxylic acids is 1. The first-order valence-electron chi connectivity index (χ1n) is 11.2. The molecule has 170 valence electrons. The van der Waals surface area contributed by atoms with Crippen molar-refractivity contribution in [2.75, 3.05) is 11.9 Å². The minimum Gasteiger partial charge on any atom is -0.505 e. The zero-order chi connectivity index (χ0) is 22.0. The lowest BCUT2D eigenvalue weighted by Crippen LogP contribution is -2.15. The van der Waals surface area contributed by atoms with Crippen LogP contribution in [0, 0.1) is 0 Å². The van der Waals surface area contributed by atoms with Crippen LogP contribution in [0.3, 0.4) is 0 Å². The highest BCUT2D eigenvalue weighted by Crippen LogP contribution is 2.27. The van der Waals surface area contributed by atoms with Gasteiger partial charge < -0.3 is 10.2 Å². The molecule has 7 nitrogen and oxygen atoms in total. The molecule has 0 bridgehead atoms. The first kappa shape index (κ1) is 25.8. The standard InChI is InChI=1S/C23H37NO6/c1-2-3-4-5-6-7-8-9-10-11-12-13-14-18-29-30-23(28)24-20-17-15-16-19(21(20)25)22(26)27/h15-17,25H,2-14,18H2,1H3,(H,24,28)(H,26,27). The molecule has 0 atom stereocenters. The predicted octanol–water partition coefficient (Wildman–Crippen LogP) is 6.66. The van der Waals surface area contributed by atoms with Crippen LogP contribution >= 0.6 is 0 Å². The van der Waals surface area contributed by atoms with Crippen molar-refractivity contribution in [2.24, 2.45) is 0 Å². The summed E-state index contributed by atoms with van der Waals surface area (Å²) in [6.45, 7) is 2.54. The summed E-state index contributed by atoms with van der Waals surface area (Å²) in [5, 5.41) is 21.0. The molecule has 3 N–H and O–H groups in total. The van der Waals surface area contributed by atoms with E-state index in [4.69, 9.17) is 9.99 Å². The van der Waals surface area contributed by atoms with E-state index in [-0.39, 0.29) is 11.3 Å². The molecule has 0 aliphatic carbocycles. The third kappa shape index (κ3) is 11.7. The largest absolute Gasteiger partial charge is 0.505 e. The van der Waals surface area contributed by atoms with E-state index in [2.05, 4.69) is 17.1 Å². The van der Waals surface area contributed by atoms with Crippen molar-refractivity contribution in [3.63, 3.8) is 0 Å². The van der Waals surface area contributed by atoms with Crippen molar-refractivity contribution in [3.8, 4) is 5.75 Å². The number of hydrogen-bond acceptors (Lipinski definition) is 5. The minimum atomic E-state index is -1.29. The highest BCUT2D eigenvalue weighted by Gasteiger charge is 2.15. The molecule has 0 radical (unpaired) electrons. The number of hydrogen-bond donors (Lipinski definition) is 3. The third-order valence-electron chi connectivity index (χ3n) is 4.97. The van der Waals surface area contributed by atoms with Gasteiger partial charge >= 0.3 is 12.1 Å². The Labute approximate surface area is 179 Å². The summed E-state index contributed by atoms with van der Waals surface area (Å²) < 4.78 is 0. The summed E-state index contributed by atoms with van der Waals surface area (Å²) in [6.07, 6.45) is 15.3. The van der Waals surface area contributed by atoms with Crippen LogP contribution in [-0.4, -0.2) is 28.9 Å². The molecule has 0 fully saturated rings. The second kappa shape index (κ2) is 16.5. The average Bonchev–Trinajstić information content (AvgIpc) is 2.72. The highest BCUT2D eigenvalue weighted by molar-refractivity contribution is 5.95. The van der Waals surface area contributed by atoms with Gasteiger partial charge in [0.05, 0.1) is 12.3 Å². The summed E-state index contributed by atoms with van der Waals surface area (Å²) in [4.78, 5) is 32.1. The fourth-order valence-corrected chi connectivity index (χ4v) is 3.22. The number of aromatic hydroxyl groups is 1. The van der Waals surface area contributed by atoms with Gasteiger partial charge in [-0.15, -0.1) is 0 Å². The van der Waals surface area contributed by atoms with E-state index < -0.39 is 17.8 Å². The van der Waals surface area contributed by atoms with E-state index in [1.165, 1.54) is 82.4 Å². The molecule has 0 heterocycles. The van der Waals surface area contributed by atoms with Crippen molar-refractivity contribution in [3.05, 3.63) is 23.8 Å². The maximum atomic E-state index is 11.7. The van der Waals surface area contributed by atoms with Crippen LogP contribution in [0.4, 0.5) is 10.5 Å². The lowest BCUT2D eigenvalue weighted by molar-refractivity contribution is -0.235. The first-order chi connectivity index (χ1) is 14.6. The van der Waals surface area contributed by atoms with Crippen molar-refractivity contribution in [1.82, 2.24) is 0 Å². The van der Waals surface area contributed by atoms with Crippen LogP contribution in [0.2, 0.25) is 0 Å². The van der Waals surface area contributed by atoms with Crippen LogP contribution in [0.25, 0.3) is 0 Å². The molecule has 0 aromatic heterocycles. The molecule has 0 saturated carbocycles. The molecule has 1 aromatic rings. The Kier molecular flexibility index (Phi) is 14.2. The molecule has 30 heavy (non-hydrogen) atoms. The molecular weight excluding hydrogens is 386 g/mol. The fraction of sp³-hybridized carbons (Fsp3) is 0.652. The summed E-state index contributed by atoms with van der Waals surface area (Å²) in [5.41, 5.74) is -0.356. The zero-order valence-electron chi connectivity index (χ0n) is 18.2. The van der Waals surface area contributed by atoms with Crippen LogP contribution in [0.5, 0.6) is 5.75 Å². The average molecular weight is 424 g/mol. The smallest absolute Gasteiger partial charge is 0.443 e. The first-order valence-corrected chi connectivity index (χ1v) is 11.2. The minimum absolute atomic E-state index is 0.0514. The van der Waals surface area contributed by atoms with E-state index in [1.807, 2.05) is 0 Å². The van der Waals surface area contributed by atoms with Crippen LogP contribution in [0.1, 0.15) is 101 Å². The predicted molar refractivity (Wildman–Crippen MR) is 117 cm³/mol. The molecule has 0 spiro atoms. The number of nitrogens with one attached hydrogen (secondary N) is 1. The van der Waals surface area contributed by atoms with Gasteiger partial charge in [0.2, 0.25) is 0 Å². The van der Waals surface area contributed by atoms with Crippen molar-refractivity contribution in [1.29, 1.82) is 0 Å². The number of carboxylic acid groups (broad SMARTS) is 1. The quantitative estimate of drug-likeness (QED) is 0.112. The van der Waals surface area contributed by atoms with Gasteiger partial charge in [-0.3, -0.25) is 10.2 Å². The number of carbonyl (C=O) groups is 2. The molecule has 1 rings (SSSR count). The number of amides is 1. The number of benzene rings is 1. The lowest BCUT2D eigenvalue weighted by atomic mass is 10.0. The van der Waals surface area contributed by atoms with Crippen molar-refractivity contribution < 1.29 is 29.6 Å². The van der Waals surface area contributed by atoms with Crippen LogP contribution in [0.15, 0.2) is 18.2 Å². The Hall–Kier alpha value is -2.28. The molecule has 0 saturated heterocycles. The zero-order valence-corrected chi connectivity index (χ0v) is 18.2. The molecule has 0 aliphatic rings. The fourth-order valence-electron chi connectivity index (χ4n) is 3.22. The van der Waals surface area contributed by atoms with Gasteiger partial charge in [-0.25, -0.2) is 9.59 Å². The lowest BCUT2D eigenvalue weighted by Gasteiger charge is -2.09. The van der Waals surface area contributed by atoms with E-state index in [1.54, 1.807) is 0 Å². The Morgan fingerprint density at radius 1 is 0.867 bits per heavy atom. The summed E-state index contributed by atoms with van der Waals surface area (Å²) in [6, 6.07) is 4.02. The molecule has 7 heteroatoms. The number of anilines is 1. The number of aromatic carboxylic acids is 1. The number of rotatable bonds is 17. The van der Waals surface area contributed by atoms with Gasteiger partial charge in [-0.1, -0.05) is 90.0 Å². The van der Waals surface area contributed by atoms with Crippen molar-refractivity contribution >= 4 is 17.7 Å². The second-order valence-corrected chi connectivity index (χ2v) is 7.57. The Morgan fingerprint density at radius 2 is 1.40 bits per heavy atom.